The van der Waals surface area contributed by atoms with Crippen LogP contribution in [0.25, 0.3) is 0 Å². The lowest BCUT2D eigenvalue weighted by atomic mass is 10.2. The third-order valence-electron chi connectivity index (χ3n) is 1.79. The smallest absolute Gasteiger partial charge is 0.408 e. The summed E-state index contributed by atoms with van der Waals surface area (Å²) < 4.78 is 5.06. The van der Waals surface area contributed by atoms with E-state index in [1.54, 1.807) is 26.8 Å². The van der Waals surface area contributed by atoms with Gasteiger partial charge in [0.1, 0.15) is 10.8 Å². The fraction of sp³-hybridized carbons (Fsp3) is 0.385. The number of hydrogen-bond acceptors (Lipinski definition) is 3. The van der Waals surface area contributed by atoms with E-state index in [0.29, 0.717) is 10.6 Å². The highest BCUT2D eigenvalue weighted by molar-refractivity contribution is 6.41. The molecule has 0 saturated carbocycles. The molecule has 0 radical (unpaired) electrons. The minimum Gasteiger partial charge on any atom is -0.444 e. The molecule has 0 fully saturated rings. The fourth-order valence-electron chi connectivity index (χ4n) is 1.08. The van der Waals surface area contributed by atoms with Gasteiger partial charge in [-0.2, -0.15) is 0 Å². The molecule has 0 aromatic carbocycles. The van der Waals surface area contributed by atoms with E-state index in [0.717, 1.165) is 0 Å². The second-order valence-electron chi connectivity index (χ2n) is 4.62. The van der Waals surface area contributed by atoms with Crippen LogP contribution < -0.4 is 5.32 Å². The van der Waals surface area contributed by atoms with Crippen molar-refractivity contribution in [2.75, 3.05) is 6.54 Å². The molecule has 1 amide bonds. The van der Waals surface area contributed by atoms with Crippen LogP contribution in [0.5, 0.6) is 0 Å². The number of nitrogens with zero attached hydrogens (tertiary/aromatic N) is 1. The maximum atomic E-state index is 11.3. The second-order valence-corrected chi connectivity index (χ2v) is 5.36. The maximum absolute atomic E-state index is 11.3. The summed E-state index contributed by atoms with van der Waals surface area (Å²) >= 11 is 11.7. The van der Waals surface area contributed by atoms with Gasteiger partial charge >= 0.3 is 6.09 Å². The Balaban J connectivity index is 2.53. The monoisotopic (exact) mass is 300 g/mol. The average Bonchev–Trinajstić information content (AvgIpc) is 2.27. The van der Waals surface area contributed by atoms with Gasteiger partial charge in [-0.25, -0.2) is 9.78 Å². The first-order valence-electron chi connectivity index (χ1n) is 5.55. The highest BCUT2D eigenvalue weighted by atomic mass is 35.5. The molecule has 1 rings (SSSR count). The first-order valence-corrected chi connectivity index (χ1v) is 6.31. The number of alkyl carbamates (subject to hydrolysis) is 1. The number of ether oxygens (including phenoxy) is 1. The molecule has 0 atom stereocenters. The van der Waals surface area contributed by atoms with Gasteiger partial charge in [0.15, 0.2) is 0 Å². The van der Waals surface area contributed by atoms with Crippen LogP contribution in [-0.2, 0) is 4.74 Å². The minimum absolute atomic E-state index is 0.158. The summed E-state index contributed by atoms with van der Waals surface area (Å²) in [6.07, 6.45) is 1.00. The SMILES string of the molecule is CC(C)(C)OC(=O)NCC#Cc1ccnc(Cl)c1Cl. The van der Waals surface area contributed by atoms with Gasteiger partial charge < -0.3 is 10.1 Å². The zero-order valence-electron chi connectivity index (χ0n) is 10.9. The van der Waals surface area contributed by atoms with Crippen molar-refractivity contribution in [2.24, 2.45) is 0 Å². The minimum atomic E-state index is -0.528. The Kier molecular flexibility index (Phi) is 5.46. The first kappa shape index (κ1) is 15.6. The number of carbonyl (C=O) groups is 1. The highest BCUT2D eigenvalue weighted by Crippen LogP contribution is 2.21. The molecule has 0 spiro atoms. The van der Waals surface area contributed by atoms with Gasteiger partial charge in [-0.3, -0.25) is 0 Å². The van der Waals surface area contributed by atoms with Crippen molar-refractivity contribution in [3.63, 3.8) is 0 Å². The molecule has 0 saturated heterocycles. The quantitative estimate of drug-likeness (QED) is 0.640. The number of halogens is 2. The lowest BCUT2D eigenvalue weighted by Crippen LogP contribution is -2.32. The largest absolute Gasteiger partial charge is 0.444 e. The molecule has 0 aliphatic rings. The van der Waals surface area contributed by atoms with E-state index in [4.69, 9.17) is 27.9 Å². The number of carbonyl (C=O) groups excluding carboxylic acids is 1. The molecule has 1 aromatic rings. The number of nitrogens with one attached hydrogen (secondary N) is 1. The van der Waals surface area contributed by atoms with Crippen molar-refractivity contribution >= 4 is 29.3 Å². The van der Waals surface area contributed by atoms with E-state index in [1.165, 1.54) is 6.20 Å². The molecule has 0 aliphatic heterocycles. The van der Waals surface area contributed by atoms with E-state index in [9.17, 15) is 4.79 Å². The van der Waals surface area contributed by atoms with Crippen LogP contribution in [0, 0.1) is 11.8 Å². The van der Waals surface area contributed by atoms with Gasteiger partial charge in [-0.15, -0.1) is 0 Å². The molecular weight excluding hydrogens is 287 g/mol. The van der Waals surface area contributed by atoms with Gasteiger partial charge in [0.05, 0.1) is 11.6 Å². The Morgan fingerprint density at radius 3 is 2.79 bits per heavy atom. The summed E-state index contributed by atoms with van der Waals surface area (Å²) in [7, 11) is 0. The van der Waals surface area contributed by atoms with Crippen molar-refractivity contribution in [3.05, 3.63) is 28.0 Å². The molecule has 1 N–H and O–H groups in total. The molecule has 1 aromatic heterocycles. The zero-order valence-corrected chi connectivity index (χ0v) is 12.4. The normalized spacial score (nSPS) is 10.4. The van der Waals surface area contributed by atoms with Gasteiger partial charge in [-0.1, -0.05) is 35.0 Å². The number of aromatic nitrogens is 1. The summed E-state index contributed by atoms with van der Waals surface area (Å²) in [6.45, 7) is 5.52. The summed E-state index contributed by atoms with van der Waals surface area (Å²) in [4.78, 5) is 15.1. The Morgan fingerprint density at radius 2 is 2.16 bits per heavy atom. The van der Waals surface area contributed by atoms with Crippen molar-refractivity contribution in [3.8, 4) is 11.8 Å². The van der Waals surface area contributed by atoms with Crippen molar-refractivity contribution in [1.29, 1.82) is 0 Å². The molecule has 6 heteroatoms. The van der Waals surface area contributed by atoms with E-state index < -0.39 is 11.7 Å². The van der Waals surface area contributed by atoms with E-state index in [2.05, 4.69) is 22.1 Å². The highest BCUT2D eigenvalue weighted by Gasteiger charge is 2.15. The number of hydrogen-bond donors (Lipinski definition) is 1. The predicted molar refractivity (Wildman–Crippen MR) is 75.4 cm³/mol. The number of amides is 1. The molecule has 0 bridgehead atoms. The Bertz CT molecular complexity index is 528. The number of rotatable bonds is 1. The topological polar surface area (TPSA) is 51.2 Å². The summed E-state index contributed by atoms with van der Waals surface area (Å²) in [6, 6.07) is 1.65. The van der Waals surface area contributed by atoms with Crippen molar-refractivity contribution in [2.45, 2.75) is 26.4 Å². The molecular formula is C13H14Cl2N2O2. The van der Waals surface area contributed by atoms with Crippen LogP contribution in [-0.4, -0.2) is 23.2 Å². The van der Waals surface area contributed by atoms with E-state index in [1.807, 2.05) is 0 Å². The van der Waals surface area contributed by atoms with Crippen molar-refractivity contribution < 1.29 is 9.53 Å². The third kappa shape index (κ3) is 5.82. The Morgan fingerprint density at radius 1 is 1.47 bits per heavy atom. The van der Waals surface area contributed by atoms with Crippen LogP contribution in [0.15, 0.2) is 12.3 Å². The zero-order chi connectivity index (χ0) is 14.5. The van der Waals surface area contributed by atoms with E-state index >= 15 is 0 Å². The lowest BCUT2D eigenvalue weighted by Gasteiger charge is -2.19. The standard InChI is InChI=1S/C13H14Cl2N2O2/c1-13(2,3)19-12(18)17-7-4-5-9-6-8-16-11(15)10(9)14/h6,8H,7H2,1-3H3,(H,17,18). The number of pyridine rings is 1. The van der Waals surface area contributed by atoms with Crippen LogP contribution >= 0.6 is 23.2 Å². The van der Waals surface area contributed by atoms with Gasteiger partial charge in [0, 0.05) is 11.8 Å². The maximum Gasteiger partial charge on any atom is 0.408 e. The third-order valence-corrected chi connectivity index (χ3v) is 2.56. The van der Waals surface area contributed by atoms with Gasteiger partial charge in [-0.05, 0) is 26.8 Å². The Hall–Kier alpha value is -1.44. The first-order chi connectivity index (χ1) is 8.79. The lowest BCUT2D eigenvalue weighted by molar-refractivity contribution is 0.0535. The average molecular weight is 301 g/mol. The molecule has 1 heterocycles. The molecule has 19 heavy (non-hydrogen) atoms. The summed E-state index contributed by atoms with van der Waals surface area (Å²) in [5.74, 6) is 5.55. The fourth-order valence-corrected chi connectivity index (χ4v) is 1.40. The van der Waals surface area contributed by atoms with Crippen LogP contribution in [0.4, 0.5) is 4.79 Å². The molecule has 4 nitrogen and oxygen atoms in total. The van der Waals surface area contributed by atoms with E-state index in [-0.39, 0.29) is 11.7 Å². The molecule has 0 unspecified atom stereocenters. The molecule has 0 aliphatic carbocycles. The van der Waals surface area contributed by atoms with Crippen LogP contribution in [0.3, 0.4) is 0 Å². The summed E-state index contributed by atoms with van der Waals surface area (Å²) in [5, 5.41) is 3.02. The van der Waals surface area contributed by atoms with Crippen LogP contribution in [0.1, 0.15) is 26.3 Å². The summed E-state index contributed by atoms with van der Waals surface area (Å²) in [5.41, 5.74) is 0.0343. The second kappa shape index (κ2) is 6.65. The van der Waals surface area contributed by atoms with Crippen molar-refractivity contribution in [1.82, 2.24) is 10.3 Å². The Labute approximate surface area is 122 Å². The predicted octanol–water partition coefficient (Wildman–Crippen LogP) is 3.26. The molecule has 102 valence electrons. The van der Waals surface area contributed by atoms with Gasteiger partial charge in [0.2, 0.25) is 0 Å². The van der Waals surface area contributed by atoms with Gasteiger partial charge in [0.25, 0.3) is 0 Å². The van der Waals surface area contributed by atoms with Crippen LogP contribution in [0.2, 0.25) is 10.2 Å².